The molecule has 0 radical (unpaired) electrons. The van der Waals surface area contributed by atoms with Crippen molar-refractivity contribution >= 4 is 40.3 Å². The lowest BCUT2D eigenvalue weighted by Crippen LogP contribution is -2.38. The van der Waals surface area contributed by atoms with E-state index in [1.807, 2.05) is 24.4 Å². The van der Waals surface area contributed by atoms with Gasteiger partial charge >= 0.3 is 0 Å². The molecule has 5 nitrogen and oxygen atoms in total. The van der Waals surface area contributed by atoms with Gasteiger partial charge in [-0.25, -0.2) is 0 Å². The Morgan fingerprint density at radius 3 is 2.39 bits per heavy atom. The average Bonchev–Trinajstić information content (AvgIpc) is 3.54. The molecular formula is C31H32ClN5S. The Labute approximate surface area is 235 Å². The van der Waals surface area contributed by atoms with Gasteiger partial charge in [0.15, 0.2) is 5.11 Å². The van der Waals surface area contributed by atoms with Crippen LogP contribution in [0.4, 0.5) is 11.4 Å². The first-order valence-corrected chi connectivity index (χ1v) is 14.0. The second kappa shape index (κ2) is 10.4. The Hall–Kier alpha value is -3.35. The van der Waals surface area contributed by atoms with Crippen molar-refractivity contribution in [3.63, 3.8) is 0 Å². The van der Waals surface area contributed by atoms with E-state index >= 15 is 0 Å². The van der Waals surface area contributed by atoms with Crippen LogP contribution in [0.5, 0.6) is 0 Å². The normalized spacial score (nSPS) is 23.5. The van der Waals surface area contributed by atoms with Gasteiger partial charge in [0, 0.05) is 43.1 Å². The maximum absolute atomic E-state index is 6.97. The van der Waals surface area contributed by atoms with Crippen LogP contribution in [0.15, 0.2) is 91.4 Å². The van der Waals surface area contributed by atoms with E-state index in [1.165, 1.54) is 6.42 Å². The number of pyridine rings is 1. The second-order valence-electron chi connectivity index (χ2n) is 10.7. The molecule has 0 saturated carbocycles. The molecule has 7 heteroatoms. The first kappa shape index (κ1) is 25.0. The molecular weight excluding hydrogens is 510 g/mol. The molecule has 6 rings (SSSR count). The zero-order valence-electron chi connectivity index (χ0n) is 21.7. The van der Waals surface area contributed by atoms with Gasteiger partial charge in [0.25, 0.3) is 0 Å². The van der Waals surface area contributed by atoms with Gasteiger partial charge in [-0.1, -0.05) is 49.7 Å². The minimum atomic E-state index is -0.0995. The molecule has 0 unspecified atom stereocenters. The molecule has 2 fully saturated rings. The third kappa shape index (κ3) is 4.79. The predicted octanol–water partition coefficient (Wildman–Crippen LogP) is 7.19. The zero-order chi connectivity index (χ0) is 26.2. The summed E-state index contributed by atoms with van der Waals surface area (Å²) < 4.78 is 2.15. The summed E-state index contributed by atoms with van der Waals surface area (Å²) in [4.78, 5) is 9.30. The van der Waals surface area contributed by atoms with Gasteiger partial charge < -0.3 is 19.7 Å². The number of hydrogen-bond donors (Lipinski definition) is 1. The molecule has 194 valence electrons. The summed E-state index contributed by atoms with van der Waals surface area (Å²) in [6, 6.07) is 24.7. The zero-order valence-corrected chi connectivity index (χ0v) is 23.2. The fraction of sp³-hybridized carbons (Fsp3) is 0.290. The minimum absolute atomic E-state index is 0.0840. The molecule has 0 amide bonds. The largest absolute Gasteiger partial charge is 0.370 e. The number of rotatable bonds is 5. The number of piperidine rings is 1. The molecule has 0 aliphatic carbocycles. The number of para-hydroxylation sites is 1. The van der Waals surface area contributed by atoms with Crippen molar-refractivity contribution in [2.24, 2.45) is 11.8 Å². The molecule has 1 N–H and O–H groups in total. The third-order valence-corrected chi connectivity index (χ3v) is 8.25. The van der Waals surface area contributed by atoms with Crippen molar-refractivity contribution in [3.05, 3.63) is 108 Å². The SMILES string of the molecule is C[C@@H]1C[C@@H](C)CN(c2ccc(N3C(=S)N[C@@H](c4ccccn4)[C@@H]3c3ccn(-c4ccccc4)c3)cc2Cl)C1. The van der Waals surface area contributed by atoms with E-state index in [0.29, 0.717) is 16.9 Å². The molecule has 38 heavy (non-hydrogen) atoms. The van der Waals surface area contributed by atoms with Crippen molar-refractivity contribution in [3.8, 4) is 5.69 Å². The highest BCUT2D eigenvalue weighted by molar-refractivity contribution is 7.80. The number of aromatic nitrogens is 2. The lowest BCUT2D eigenvalue weighted by atomic mass is 9.91. The number of benzene rings is 2. The topological polar surface area (TPSA) is 36.3 Å². The molecule has 0 bridgehead atoms. The first-order chi connectivity index (χ1) is 18.5. The summed E-state index contributed by atoms with van der Waals surface area (Å²) >= 11 is 12.9. The van der Waals surface area contributed by atoms with Gasteiger partial charge in [0.05, 0.1) is 28.5 Å². The molecule has 0 spiro atoms. The van der Waals surface area contributed by atoms with E-state index in [4.69, 9.17) is 23.8 Å². The van der Waals surface area contributed by atoms with E-state index in [0.717, 1.165) is 46.4 Å². The summed E-state index contributed by atoms with van der Waals surface area (Å²) in [5.41, 5.74) is 5.29. The number of thiocarbonyl (C=S) groups is 1. The summed E-state index contributed by atoms with van der Waals surface area (Å²) in [7, 11) is 0. The summed E-state index contributed by atoms with van der Waals surface area (Å²) in [5.74, 6) is 1.31. The lowest BCUT2D eigenvalue weighted by Gasteiger charge is -2.37. The molecule has 2 saturated heterocycles. The van der Waals surface area contributed by atoms with Crippen LogP contribution in [0.3, 0.4) is 0 Å². The van der Waals surface area contributed by atoms with Crippen LogP contribution < -0.4 is 15.1 Å². The fourth-order valence-electron chi connectivity index (χ4n) is 6.08. The Balaban J connectivity index is 1.38. The molecule has 2 aromatic carbocycles. The smallest absolute Gasteiger partial charge is 0.174 e. The van der Waals surface area contributed by atoms with Gasteiger partial charge in [-0.3, -0.25) is 4.98 Å². The van der Waals surface area contributed by atoms with Crippen molar-refractivity contribution in [2.75, 3.05) is 22.9 Å². The highest BCUT2D eigenvalue weighted by atomic mass is 35.5. The van der Waals surface area contributed by atoms with Crippen LogP contribution in [0.2, 0.25) is 5.02 Å². The highest BCUT2D eigenvalue weighted by Gasteiger charge is 2.41. The fourth-order valence-corrected chi connectivity index (χ4v) is 6.72. The van der Waals surface area contributed by atoms with Crippen molar-refractivity contribution in [1.29, 1.82) is 0 Å². The molecule has 4 heterocycles. The number of halogens is 1. The van der Waals surface area contributed by atoms with Crippen LogP contribution in [-0.4, -0.2) is 27.8 Å². The summed E-state index contributed by atoms with van der Waals surface area (Å²) in [6.07, 6.45) is 7.39. The van der Waals surface area contributed by atoms with Gasteiger partial charge in [-0.2, -0.15) is 0 Å². The Morgan fingerprint density at radius 2 is 1.68 bits per heavy atom. The number of nitrogens with one attached hydrogen (secondary N) is 1. The van der Waals surface area contributed by atoms with Crippen LogP contribution in [0.25, 0.3) is 5.69 Å². The second-order valence-corrected chi connectivity index (χ2v) is 11.5. The van der Waals surface area contributed by atoms with E-state index in [-0.39, 0.29) is 12.1 Å². The molecule has 4 aromatic rings. The molecule has 4 atom stereocenters. The van der Waals surface area contributed by atoms with Gasteiger partial charge in [0.1, 0.15) is 0 Å². The lowest BCUT2D eigenvalue weighted by molar-refractivity contribution is 0.357. The van der Waals surface area contributed by atoms with Crippen LogP contribution >= 0.6 is 23.8 Å². The van der Waals surface area contributed by atoms with Gasteiger partial charge in [-0.15, -0.1) is 0 Å². The number of anilines is 2. The van der Waals surface area contributed by atoms with E-state index in [2.05, 4.69) is 106 Å². The van der Waals surface area contributed by atoms with Crippen LogP contribution in [0.1, 0.15) is 43.6 Å². The Bertz CT molecular complexity index is 1410. The van der Waals surface area contributed by atoms with E-state index in [1.54, 1.807) is 0 Å². The van der Waals surface area contributed by atoms with E-state index < -0.39 is 0 Å². The van der Waals surface area contributed by atoms with Crippen molar-refractivity contribution in [1.82, 2.24) is 14.9 Å². The highest BCUT2D eigenvalue weighted by Crippen LogP contribution is 2.43. The number of hydrogen-bond acceptors (Lipinski definition) is 3. The summed E-state index contributed by atoms with van der Waals surface area (Å²) in [6.45, 7) is 6.71. The standard InChI is InChI=1S/C31H32ClN5S/c1-21-16-22(2)19-36(18-21)28-12-11-25(17-26(28)32)37-30(29(34-31(37)38)27-10-6-7-14-33-27)23-13-15-35(20-23)24-8-4-3-5-9-24/h3-15,17,20-22,29-30H,16,18-19H2,1-2H3,(H,34,38)/t21-,22-,29+,30+/m1/s1. The van der Waals surface area contributed by atoms with Crippen molar-refractivity contribution in [2.45, 2.75) is 32.4 Å². The van der Waals surface area contributed by atoms with Crippen molar-refractivity contribution < 1.29 is 0 Å². The van der Waals surface area contributed by atoms with Gasteiger partial charge in [-0.05, 0) is 84.6 Å². The van der Waals surface area contributed by atoms with Gasteiger partial charge in [0.2, 0.25) is 0 Å². The average molecular weight is 542 g/mol. The quantitative estimate of drug-likeness (QED) is 0.271. The maximum atomic E-state index is 6.97. The number of nitrogens with zero attached hydrogens (tertiary/aromatic N) is 4. The monoisotopic (exact) mass is 541 g/mol. The third-order valence-electron chi connectivity index (χ3n) is 7.63. The predicted molar refractivity (Wildman–Crippen MR) is 160 cm³/mol. The summed E-state index contributed by atoms with van der Waals surface area (Å²) in [5, 5.41) is 4.98. The van der Waals surface area contributed by atoms with Crippen LogP contribution in [0, 0.1) is 11.8 Å². The first-order valence-electron chi connectivity index (χ1n) is 13.3. The van der Waals surface area contributed by atoms with E-state index in [9.17, 15) is 0 Å². The molecule has 2 aromatic heterocycles. The Kier molecular flexibility index (Phi) is 6.85. The molecule has 2 aliphatic heterocycles. The maximum Gasteiger partial charge on any atom is 0.174 e. The van der Waals surface area contributed by atoms with Crippen LogP contribution in [-0.2, 0) is 0 Å². The molecule has 2 aliphatic rings. The Morgan fingerprint density at radius 1 is 0.921 bits per heavy atom. The minimum Gasteiger partial charge on any atom is -0.370 e.